The van der Waals surface area contributed by atoms with Gasteiger partial charge in [0.15, 0.2) is 0 Å². The maximum atomic E-state index is 13.5. The van der Waals surface area contributed by atoms with E-state index in [1.165, 1.54) is 12.8 Å². The van der Waals surface area contributed by atoms with Crippen LogP contribution in [0.1, 0.15) is 64.6 Å². The molecule has 0 fully saturated rings. The van der Waals surface area contributed by atoms with Crippen molar-refractivity contribution in [1.82, 2.24) is 15.6 Å². The number of benzene rings is 2. The van der Waals surface area contributed by atoms with Crippen LogP contribution in [-0.4, -0.2) is 34.6 Å². The van der Waals surface area contributed by atoms with E-state index in [1.54, 1.807) is 12.1 Å². The van der Waals surface area contributed by atoms with Crippen LogP contribution in [0.15, 0.2) is 66.7 Å². The Morgan fingerprint density at radius 2 is 1.78 bits per heavy atom. The number of aromatic nitrogens is 1. The number of hydrogen-bond donors (Lipinski definition) is 3. The van der Waals surface area contributed by atoms with E-state index >= 15 is 0 Å². The summed E-state index contributed by atoms with van der Waals surface area (Å²) in [6.45, 7) is 9.57. The van der Waals surface area contributed by atoms with Gasteiger partial charge in [-0.1, -0.05) is 83.0 Å². The molecule has 3 atom stereocenters. The lowest BCUT2D eigenvalue weighted by molar-refractivity contribution is -0.123. The lowest BCUT2D eigenvalue weighted by Gasteiger charge is -2.24. The van der Waals surface area contributed by atoms with Gasteiger partial charge in [-0.2, -0.15) is 0 Å². The van der Waals surface area contributed by atoms with Gasteiger partial charge in [0.1, 0.15) is 5.75 Å². The van der Waals surface area contributed by atoms with Gasteiger partial charge in [0, 0.05) is 11.4 Å². The summed E-state index contributed by atoms with van der Waals surface area (Å²) in [7, 11) is 0. The van der Waals surface area contributed by atoms with Gasteiger partial charge in [0.2, 0.25) is 5.91 Å². The van der Waals surface area contributed by atoms with Crippen molar-refractivity contribution in [3.05, 3.63) is 78.0 Å². The first-order valence-corrected chi connectivity index (χ1v) is 13.7. The fourth-order valence-corrected chi connectivity index (χ4v) is 4.49. The number of carbonyl (C=O) groups is 1. The highest BCUT2D eigenvalue weighted by Gasteiger charge is 2.22. The summed E-state index contributed by atoms with van der Waals surface area (Å²) in [5, 5.41) is 17.6. The van der Waals surface area contributed by atoms with E-state index in [2.05, 4.69) is 56.5 Å². The van der Waals surface area contributed by atoms with Crippen LogP contribution in [0.25, 0.3) is 17.0 Å². The largest absolute Gasteiger partial charge is 0.508 e. The molecule has 3 rings (SSSR count). The van der Waals surface area contributed by atoms with Gasteiger partial charge in [0.25, 0.3) is 0 Å². The molecule has 1 aromatic heterocycles. The first kappa shape index (κ1) is 28.4. The van der Waals surface area contributed by atoms with E-state index in [4.69, 9.17) is 4.98 Å². The molecule has 0 unspecified atom stereocenters. The predicted octanol–water partition coefficient (Wildman–Crippen LogP) is 6.51. The van der Waals surface area contributed by atoms with Crippen LogP contribution in [0.5, 0.6) is 5.75 Å². The molecule has 0 radical (unpaired) electrons. The second kappa shape index (κ2) is 14.5. The third-order valence-electron chi connectivity index (χ3n) is 6.63. The second-order valence-electron chi connectivity index (χ2n) is 10.6. The number of rotatable bonds is 14. The van der Waals surface area contributed by atoms with Gasteiger partial charge in [-0.15, -0.1) is 0 Å². The minimum absolute atomic E-state index is 0.00228. The van der Waals surface area contributed by atoms with E-state index < -0.39 is 0 Å². The molecule has 37 heavy (non-hydrogen) atoms. The fourth-order valence-electron chi connectivity index (χ4n) is 4.49. The molecule has 3 aromatic rings. The first-order valence-electron chi connectivity index (χ1n) is 13.7. The van der Waals surface area contributed by atoms with Crippen LogP contribution < -0.4 is 10.6 Å². The summed E-state index contributed by atoms with van der Waals surface area (Å²) in [4.78, 5) is 18.3. The molecular weight excluding hydrogens is 458 g/mol. The number of nitrogens with zero attached hydrogens (tertiary/aromatic N) is 1. The number of para-hydroxylation sites is 1. The summed E-state index contributed by atoms with van der Waals surface area (Å²) in [6, 6.07) is 18.8. The lowest BCUT2D eigenvalue weighted by atomic mass is 10.00. The highest BCUT2D eigenvalue weighted by molar-refractivity contribution is 5.83. The van der Waals surface area contributed by atoms with Crippen LogP contribution in [0.4, 0.5) is 0 Å². The van der Waals surface area contributed by atoms with Crippen molar-refractivity contribution >= 4 is 22.9 Å². The summed E-state index contributed by atoms with van der Waals surface area (Å²) in [6.07, 6.45) is 9.00. The van der Waals surface area contributed by atoms with Crippen molar-refractivity contribution < 1.29 is 9.90 Å². The Hall–Kier alpha value is -3.18. The number of carbonyl (C=O) groups excluding carboxylic acids is 1. The Balaban J connectivity index is 1.73. The van der Waals surface area contributed by atoms with E-state index in [1.807, 2.05) is 42.5 Å². The monoisotopic (exact) mass is 501 g/mol. The molecule has 1 amide bonds. The average Bonchev–Trinajstić information content (AvgIpc) is 2.89. The van der Waals surface area contributed by atoms with Crippen molar-refractivity contribution in [1.29, 1.82) is 0 Å². The first-order chi connectivity index (χ1) is 17.8. The zero-order chi connectivity index (χ0) is 26.6. The second-order valence-corrected chi connectivity index (χ2v) is 10.6. The van der Waals surface area contributed by atoms with E-state index in [9.17, 15) is 9.90 Å². The molecule has 5 heteroatoms. The topological polar surface area (TPSA) is 74.2 Å². The molecule has 0 saturated heterocycles. The third-order valence-corrected chi connectivity index (χ3v) is 6.63. The molecule has 0 spiro atoms. The Morgan fingerprint density at radius 1 is 1.03 bits per heavy atom. The Bertz CT molecular complexity index is 1140. The van der Waals surface area contributed by atoms with Crippen molar-refractivity contribution in [2.45, 2.75) is 71.9 Å². The number of fused-ring (bicyclic) bond motifs is 1. The highest BCUT2D eigenvalue weighted by Crippen LogP contribution is 2.16. The molecule has 5 nitrogen and oxygen atoms in total. The van der Waals surface area contributed by atoms with Crippen molar-refractivity contribution in [2.75, 3.05) is 6.54 Å². The number of pyridine rings is 1. The summed E-state index contributed by atoms with van der Waals surface area (Å²) in [5.74, 6) is 1.16. The minimum Gasteiger partial charge on any atom is -0.508 e. The molecule has 2 aromatic carbocycles. The zero-order valence-electron chi connectivity index (χ0n) is 22.8. The molecule has 0 aliphatic rings. The van der Waals surface area contributed by atoms with Gasteiger partial charge in [0.05, 0.1) is 17.3 Å². The van der Waals surface area contributed by atoms with Crippen LogP contribution >= 0.6 is 0 Å². The van der Waals surface area contributed by atoms with E-state index in [-0.39, 0.29) is 23.7 Å². The Kier molecular flexibility index (Phi) is 11.2. The third kappa shape index (κ3) is 9.66. The number of nitrogens with one attached hydrogen (secondary N) is 2. The van der Waals surface area contributed by atoms with Crippen LogP contribution in [-0.2, 0) is 11.2 Å². The molecule has 1 heterocycles. The summed E-state index contributed by atoms with van der Waals surface area (Å²) >= 11 is 0. The van der Waals surface area contributed by atoms with Gasteiger partial charge in [-0.25, -0.2) is 4.98 Å². The van der Waals surface area contributed by atoms with Crippen molar-refractivity contribution in [2.24, 2.45) is 11.8 Å². The van der Waals surface area contributed by atoms with Crippen LogP contribution in [0.2, 0.25) is 0 Å². The maximum Gasteiger partial charge on any atom is 0.237 e. The van der Waals surface area contributed by atoms with E-state index in [0.717, 1.165) is 41.5 Å². The lowest BCUT2D eigenvalue weighted by Crippen LogP contribution is -2.49. The standard InChI is InChI=1S/C32H43N3O2/c1-5-6-9-24(4)22-33-31(21-25-12-18-29(36)19-13-25)32(37)35-28(20-23(2)3)17-16-27-15-14-26-10-7-8-11-30(26)34-27/h7-8,10-19,23-24,28,31,33,36H,5-6,9,20-22H2,1-4H3,(H,35,37)/b17-16+/t24-,28+,31-/m0/s1. The SMILES string of the molecule is CCCC[C@H](C)CN[C@@H](Cc1ccc(O)cc1)C(=O)N[C@H](/C=C/c1ccc2ccccc2n1)CC(C)C. The normalized spacial score (nSPS) is 14.2. The van der Waals surface area contributed by atoms with Crippen LogP contribution in [0, 0.1) is 11.8 Å². The number of amides is 1. The molecule has 0 aliphatic heterocycles. The number of unbranched alkanes of at least 4 members (excludes halogenated alkanes) is 1. The molecule has 0 bridgehead atoms. The van der Waals surface area contributed by atoms with Gasteiger partial charge < -0.3 is 15.7 Å². The van der Waals surface area contributed by atoms with Gasteiger partial charge in [-0.3, -0.25) is 4.79 Å². The van der Waals surface area contributed by atoms with Crippen LogP contribution in [0.3, 0.4) is 0 Å². The molecule has 198 valence electrons. The minimum atomic E-state index is -0.351. The van der Waals surface area contributed by atoms with Crippen molar-refractivity contribution in [3.63, 3.8) is 0 Å². The quantitative estimate of drug-likeness (QED) is 0.235. The van der Waals surface area contributed by atoms with E-state index in [0.29, 0.717) is 18.3 Å². The molecular formula is C32H43N3O2. The maximum absolute atomic E-state index is 13.5. The highest BCUT2D eigenvalue weighted by atomic mass is 16.3. The molecule has 0 saturated carbocycles. The van der Waals surface area contributed by atoms with Gasteiger partial charge in [-0.05, 0) is 73.5 Å². The zero-order valence-corrected chi connectivity index (χ0v) is 22.8. The molecule has 0 aliphatic carbocycles. The molecule has 3 N–H and O–H groups in total. The van der Waals surface area contributed by atoms with Gasteiger partial charge >= 0.3 is 0 Å². The fraction of sp³-hybridized carbons (Fsp3) is 0.438. The number of phenols is 1. The number of aromatic hydroxyl groups is 1. The smallest absolute Gasteiger partial charge is 0.237 e. The number of phenolic OH excluding ortho intramolecular Hbond substituents is 1. The summed E-state index contributed by atoms with van der Waals surface area (Å²) < 4.78 is 0. The number of hydrogen-bond acceptors (Lipinski definition) is 4. The Labute approximate surface area is 222 Å². The van der Waals surface area contributed by atoms with Crippen molar-refractivity contribution in [3.8, 4) is 5.75 Å². The average molecular weight is 502 g/mol. The predicted molar refractivity (Wildman–Crippen MR) is 154 cm³/mol. The Morgan fingerprint density at radius 3 is 2.51 bits per heavy atom. The summed E-state index contributed by atoms with van der Waals surface area (Å²) in [5.41, 5.74) is 2.86.